The number of anilines is 2. The summed E-state index contributed by atoms with van der Waals surface area (Å²) in [6, 6.07) is 0. The van der Waals surface area contributed by atoms with E-state index in [-0.39, 0.29) is 17.3 Å². The van der Waals surface area contributed by atoms with Gasteiger partial charge in [0.25, 0.3) is 11.8 Å². The highest BCUT2D eigenvalue weighted by molar-refractivity contribution is 9.10. The molecule has 2 N–H and O–H groups in total. The summed E-state index contributed by atoms with van der Waals surface area (Å²) >= 11 is 3.34. The molecule has 28 heavy (non-hydrogen) atoms. The summed E-state index contributed by atoms with van der Waals surface area (Å²) in [6.45, 7) is 6.75. The minimum absolute atomic E-state index is 0.237. The molecule has 0 bridgehead atoms. The lowest BCUT2D eigenvalue weighted by Gasteiger charge is -2.09. The van der Waals surface area contributed by atoms with E-state index in [0.717, 1.165) is 5.69 Å². The molecule has 3 aromatic rings. The molecule has 0 aliphatic heterocycles. The zero-order valence-electron chi connectivity index (χ0n) is 16.0. The average molecular weight is 449 g/mol. The van der Waals surface area contributed by atoms with Crippen LogP contribution in [0.2, 0.25) is 0 Å². The van der Waals surface area contributed by atoms with Gasteiger partial charge in [-0.15, -0.1) is 0 Å². The molecule has 0 aromatic carbocycles. The van der Waals surface area contributed by atoms with E-state index < -0.39 is 5.91 Å². The molecule has 0 atom stereocenters. The third-order valence-corrected chi connectivity index (χ3v) is 4.92. The maximum absolute atomic E-state index is 12.9. The van der Waals surface area contributed by atoms with Gasteiger partial charge >= 0.3 is 0 Å². The van der Waals surface area contributed by atoms with Crippen LogP contribution in [0.1, 0.15) is 40.5 Å². The van der Waals surface area contributed by atoms with Crippen molar-refractivity contribution in [3.05, 3.63) is 40.1 Å². The van der Waals surface area contributed by atoms with Gasteiger partial charge in [0.15, 0.2) is 5.69 Å². The first-order valence-electron chi connectivity index (χ1n) is 8.75. The number of amides is 2. The fraction of sp³-hybridized carbons (Fsp3) is 0.353. The number of aromatic nitrogens is 6. The van der Waals surface area contributed by atoms with Crippen LogP contribution in [-0.2, 0) is 20.1 Å². The number of hydrogen-bond acceptors (Lipinski definition) is 5. The number of hydrogen-bond donors (Lipinski definition) is 2. The third kappa shape index (κ3) is 3.70. The predicted molar refractivity (Wildman–Crippen MR) is 107 cm³/mol. The molecule has 0 spiro atoms. The van der Waals surface area contributed by atoms with E-state index in [1.807, 2.05) is 20.8 Å². The van der Waals surface area contributed by atoms with Crippen LogP contribution in [0.5, 0.6) is 0 Å². The van der Waals surface area contributed by atoms with Gasteiger partial charge in [-0.3, -0.25) is 23.6 Å². The van der Waals surface area contributed by atoms with Crippen LogP contribution in [-0.4, -0.2) is 41.2 Å². The van der Waals surface area contributed by atoms with Crippen molar-refractivity contribution in [1.82, 2.24) is 29.3 Å². The van der Waals surface area contributed by atoms with Gasteiger partial charge in [-0.1, -0.05) is 0 Å². The Kier molecular flexibility index (Phi) is 5.63. The van der Waals surface area contributed by atoms with E-state index >= 15 is 0 Å². The maximum Gasteiger partial charge on any atom is 0.277 e. The largest absolute Gasteiger partial charge is 0.318 e. The molecule has 0 unspecified atom stereocenters. The number of halogens is 1. The van der Waals surface area contributed by atoms with E-state index in [4.69, 9.17) is 0 Å². The highest BCUT2D eigenvalue weighted by Gasteiger charge is 2.23. The zero-order chi connectivity index (χ0) is 20.4. The summed E-state index contributed by atoms with van der Waals surface area (Å²) in [7, 11) is 1.79. The second kappa shape index (κ2) is 7.97. The highest BCUT2D eigenvalue weighted by atomic mass is 79.9. The molecule has 10 nitrogen and oxygen atoms in total. The van der Waals surface area contributed by atoms with Gasteiger partial charge < -0.3 is 10.6 Å². The van der Waals surface area contributed by atoms with Gasteiger partial charge in [-0.2, -0.15) is 15.3 Å². The van der Waals surface area contributed by atoms with Crippen LogP contribution in [0.25, 0.3) is 0 Å². The fourth-order valence-electron chi connectivity index (χ4n) is 2.65. The Hall–Kier alpha value is -2.95. The van der Waals surface area contributed by atoms with Gasteiger partial charge in [0, 0.05) is 26.3 Å². The number of aryl methyl sites for hydroxylation is 3. The number of nitrogens with zero attached hydrogens (tertiary/aromatic N) is 6. The summed E-state index contributed by atoms with van der Waals surface area (Å²) in [5, 5.41) is 18.1. The van der Waals surface area contributed by atoms with Crippen LogP contribution >= 0.6 is 15.9 Å². The summed E-state index contributed by atoms with van der Waals surface area (Å²) in [5.41, 5.74) is 2.21. The van der Waals surface area contributed by atoms with Crippen molar-refractivity contribution < 1.29 is 9.59 Å². The Balaban J connectivity index is 1.87. The molecule has 2 amide bonds. The Labute approximate surface area is 170 Å². The molecule has 0 aliphatic carbocycles. The lowest BCUT2D eigenvalue weighted by molar-refractivity contribution is 0.101. The molecule has 3 rings (SSSR count). The molecule has 3 aromatic heterocycles. The maximum atomic E-state index is 12.9. The summed E-state index contributed by atoms with van der Waals surface area (Å²) in [6.07, 6.45) is 4.76. The molecule has 11 heteroatoms. The van der Waals surface area contributed by atoms with Gasteiger partial charge in [0.05, 0.1) is 33.9 Å². The predicted octanol–water partition coefficient (Wildman–Crippen LogP) is 2.43. The fourth-order valence-corrected chi connectivity index (χ4v) is 3.15. The first kappa shape index (κ1) is 19.8. The number of nitrogens with one attached hydrogen (secondary N) is 2. The lowest BCUT2D eigenvalue weighted by atomic mass is 10.3. The van der Waals surface area contributed by atoms with Crippen molar-refractivity contribution in [3.63, 3.8) is 0 Å². The summed E-state index contributed by atoms with van der Waals surface area (Å²) in [5.74, 6) is -0.815. The van der Waals surface area contributed by atoms with Crippen molar-refractivity contribution in [1.29, 1.82) is 0 Å². The van der Waals surface area contributed by atoms with E-state index in [0.29, 0.717) is 28.9 Å². The first-order valence-corrected chi connectivity index (χ1v) is 9.55. The lowest BCUT2D eigenvalue weighted by Crippen LogP contribution is -2.21. The second-order valence-electron chi connectivity index (χ2n) is 6.08. The Morgan fingerprint density at radius 1 is 1.07 bits per heavy atom. The van der Waals surface area contributed by atoms with Crippen LogP contribution in [0.4, 0.5) is 11.4 Å². The molecule has 0 aliphatic rings. The van der Waals surface area contributed by atoms with Crippen molar-refractivity contribution in [2.24, 2.45) is 7.05 Å². The van der Waals surface area contributed by atoms with Crippen LogP contribution < -0.4 is 10.6 Å². The molecular weight excluding hydrogens is 428 g/mol. The minimum atomic E-state index is -0.429. The zero-order valence-corrected chi connectivity index (χ0v) is 17.6. The average Bonchev–Trinajstić information content (AvgIpc) is 3.34. The minimum Gasteiger partial charge on any atom is -0.318 e. The van der Waals surface area contributed by atoms with Gasteiger partial charge in [0.1, 0.15) is 5.69 Å². The van der Waals surface area contributed by atoms with Crippen LogP contribution in [0.15, 0.2) is 23.1 Å². The first-order chi connectivity index (χ1) is 13.3. The molecule has 0 saturated heterocycles. The quantitative estimate of drug-likeness (QED) is 0.601. The van der Waals surface area contributed by atoms with Crippen LogP contribution in [0, 0.1) is 6.92 Å². The van der Waals surface area contributed by atoms with E-state index in [1.54, 1.807) is 28.8 Å². The second-order valence-corrected chi connectivity index (χ2v) is 6.93. The van der Waals surface area contributed by atoms with Gasteiger partial charge in [0.2, 0.25) is 0 Å². The van der Waals surface area contributed by atoms with Gasteiger partial charge in [-0.05, 0) is 36.7 Å². The summed E-state index contributed by atoms with van der Waals surface area (Å²) in [4.78, 5) is 25.5. The Morgan fingerprint density at radius 3 is 2.32 bits per heavy atom. The smallest absolute Gasteiger partial charge is 0.277 e. The van der Waals surface area contributed by atoms with E-state index in [1.165, 1.54) is 10.9 Å². The normalized spacial score (nSPS) is 10.9. The highest BCUT2D eigenvalue weighted by Crippen LogP contribution is 2.22. The molecule has 0 fully saturated rings. The third-order valence-electron chi connectivity index (χ3n) is 4.34. The van der Waals surface area contributed by atoms with E-state index in [2.05, 4.69) is 41.9 Å². The SMILES string of the molecule is CCn1cc(Br)c(C(=O)Nc2cnn(CC)c2C(=O)Nc2cnn(C)c2C)n1. The molecular formula is C17H21BrN8O2. The standard InChI is InChI=1S/C17H21BrN8O2/c1-5-25-9-11(18)14(23-25)16(27)22-13-8-20-26(6-2)15(13)17(28)21-12-7-19-24(4)10(12)3/h7-9H,5-6H2,1-4H3,(H,21,28)(H,22,27). The molecule has 0 radical (unpaired) electrons. The molecule has 148 valence electrons. The number of carbonyl (C=O) groups is 2. The van der Waals surface area contributed by atoms with E-state index in [9.17, 15) is 9.59 Å². The van der Waals surface area contributed by atoms with Crippen molar-refractivity contribution in [2.45, 2.75) is 33.9 Å². The Morgan fingerprint density at radius 2 is 1.75 bits per heavy atom. The number of carbonyl (C=O) groups excluding carboxylic acids is 2. The van der Waals surface area contributed by atoms with Crippen molar-refractivity contribution in [3.8, 4) is 0 Å². The molecule has 3 heterocycles. The topological polar surface area (TPSA) is 112 Å². The molecule has 0 saturated carbocycles. The van der Waals surface area contributed by atoms with Gasteiger partial charge in [-0.25, -0.2) is 0 Å². The summed E-state index contributed by atoms with van der Waals surface area (Å²) < 4.78 is 5.41. The van der Waals surface area contributed by atoms with Crippen LogP contribution in [0.3, 0.4) is 0 Å². The van der Waals surface area contributed by atoms with Crippen molar-refractivity contribution in [2.75, 3.05) is 10.6 Å². The van der Waals surface area contributed by atoms with Crippen molar-refractivity contribution >= 4 is 39.1 Å². The Bertz CT molecular complexity index is 1030. The number of rotatable bonds is 6. The monoisotopic (exact) mass is 448 g/mol.